The molecule has 1 saturated carbocycles. The molecule has 7 nitrogen and oxygen atoms in total. The fourth-order valence-corrected chi connectivity index (χ4v) is 3.99. The molecular weight excluding hydrogens is 366 g/mol. The minimum Gasteiger partial charge on any atom is -0.490 e. The Kier molecular flexibility index (Phi) is 6.52. The van der Waals surface area contributed by atoms with Gasteiger partial charge in [0, 0.05) is 13.7 Å². The second-order valence-corrected chi connectivity index (χ2v) is 8.14. The van der Waals surface area contributed by atoms with E-state index < -0.39 is 10.0 Å². The summed E-state index contributed by atoms with van der Waals surface area (Å²) < 4.78 is 38.5. The summed E-state index contributed by atoms with van der Waals surface area (Å²) in [5, 5.41) is 3.08. The third-order valence-electron chi connectivity index (χ3n) is 4.37. The van der Waals surface area contributed by atoms with Crippen LogP contribution >= 0.6 is 0 Å². The molecule has 0 spiro atoms. The average molecular weight is 391 g/mol. The first-order valence-corrected chi connectivity index (χ1v) is 10.5. The van der Waals surface area contributed by atoms with E-state index in [2.05, 4.69) is 15.0 Å². The molecule has 2 N–H and O–H groups in total. The molecule has 1 fully saturated rings. The number of anilines is 2. The fourth-order valence-electron chi connectivity index (χ4n) is 2.95. The highest BCUT2D eigenvalue weighted by Gasteiger charge is 2.18. The normalized spacial score (nSPS) is 14.9. The molecule has 0 aliphatic heterocycles. The number of ether oxygens (including phenoxy) is 2. The Balaban J connectivity index is 1.60. The number of hydrogen-bond donors (Lipinski definition) is 2. The summed E-state index contributed by atoms with van der Waals surface area (Å²) in [5.74, 6) is 1.36. The summed E-state index contributed by atoms with van der Waals surface area (Å²) in [5.41, 5.74) is 0.401. The number of methoxy groups -OCH3 is 1. The number of hydrogen-bond acceptors (Lipinski definition) is 6. The number of nitrogens with zero attached hydrogens (tertiary/aromatic N) is 1. The molecule has 1 aromatic carbocycles. The van der Waals surface area contributed by atoms with Crippen LogP contribution in [0.1, 0.15) is 25.7 Å². The summed E-state index contributed by atoms with van der Waals surface area (Å²) in [6.07, 6.45) is 6.22. The Labute approximate surface area is 160 Å². The predicted molar refractivity (Wildman–Crippen MR) is 105 cm³/mol. The van der Waals surface area contributed by atoms with Crippen molar-refractivity contribution in [1.29, 1.82) is 0 Å². The molecule has 3 rings (SSSR count). The molecule has 27 heavy (non-hydrogen) atoms. The monoisotopic (exact) mass is 391 g/mol. The number of rotatable bonds is 9. The van der Waals surface area contributed by atoms with Crippen LogP contribution in [-0.4, -0.2) is 39.8 Å². The van der Waals surface area contributed by atoms with Crippen LogP contribution in [0.15, 0.2) is 47.5 Å². The molecule has 0 saturated heterocycles. The van der Waals surface area contributed by atoms with E-state index in [1.165, 1.54) is 19.0 Å². The first kappa shape index (κ1) is 19.4. The topological polar surface area (TPSA) is 89.6 Å². The predicted octanol–water partition coefficient (Wildman–Crippen LogP) is 3.26. The minimum atomic E-state index is -3.68. The van der Waals surface area contributed by atoms with Crippen molar-refractivity contribution >= 4 is 21.5 Å². The van der Waals surface area contributed by atoms with Gasteiger partial charge in [0.1, 0.15) is 11.6 Å². The lowest BCUT2D eigenvalue weighted by molar-refractivity contribution is 0.210. The van der Waals surface area contributed by atoms with Gasteiger partial charge in [-0.1, -0.05) is 0 Å². The molecule has 0 unspecified atom stereocenters. The van der Waals surface area contributed by atoms with Gasteiger partial charge in [-0.05, 0) is 62.1 Å². The maximum Gasteiger partial charge on any atom is 0.261 e. The molecular formula is C19H25N3O4S. The standard InChI is InChI=1S/C19H25N3O4S/c1-25-13-12-20-19-11-6-15(14-21-19)22-27(23,24)18-9-7-17(8-10-18)26-16-4-2-3-5-16/h6-11,14,16,22H,2-5,12-13H2,1H3,(H,20,21). The van der Waals surface area contributed by atoms with E-state index in [9.17, 15) is 8.42 Å². The van der Waals surface area contributed by atoms with Gasteiger partial charge in [-0.15, -0.1) is 0 Å². The molecule has 1 aliphatic carbocycles. The SMILES string of the molecule is COCCNc1ccc(NS(=O)(=O)c2ccc(OC3CCCC3)cc2)cn1. The van der Waals surface area contributed by atoms with Crippen molar-refractivity contribution in [2.45, 2.75) is 36.7 Å². The molecule has 0 atom stereocenters. The second kappa shape index (κ2) is 9.05. The molecule has 1 aliphatic rings. The van der Waals surface area contributed by atoms with Crippen LogP contribution in [0.3, 0.4) is 0 Å². The van der Waals surface area contributed by atoms with E-state index in [0.717, 1.165) is 12.8 Å². The van der Waals surface area contributed by atoms with Crippen LogP contribution in [0.4, 0.5) is 11.5 Å². The van der Waals surface area contributed by atoms with Gasteiger partial charge in [-0.2, -0.15) is 0 Å². The molecule has 1 heterocycles. The Morgan fingerprint density at radius 3 is 2.48 bits per heavy atom. The van der Waals surface area contributed by atoms with Crippen LogP contribution in [-0.2, 0) is 14.8 Å². The van der Waals surface area contributed by atoms with Crippen LogP contribution in [0.25, 0.3) is 0 Å². The van der Waals surface area contributed by atoms with Gasteiger partial charge >= 0.3 is 0 Å². The van der Waals surface area contributed by atoms with Crippen molar-refractivity contribution in [3.8, 4) is 5.75 Å². The van der Waals surface area contributed by atoms with Crippen molar-refractivity contribution in [1.82, 2.24) is 4.98 Å². The highest BCUT2D eigenvalue weighted by Crippen LogP contribution is 2.25. The van der Waals surface area contributed by atoms with Crippen LogP contribution in [0.2, 0.25) is 0 Å². The lowest BCUT2D eigenvalue weighted by Crippen LogP contribution is -2.14. The van der Waals surface area contributed by atoms with Gasteiger partial charge < -0.3 is 14.8 Å². The maximum atomic E-state index is 12.5. The number of pyridine rings is 1. The molecule has 8 heteroatoms. The highest BCUT2D eigenvalue weighted by molar-refractivity contribution is 7.92. The lowest BCUT2D eigenvalue weighted by Gasteiger charge is -2.13. The van der Waals surface area contributed by atoms with Gasteiger partial charge in [-0.25, -0.2) is 13.4 Å². The average Bonchev–Trinajstić information content (AvgIpc) is 3.17. The highest BCUT2D eigenvalue weighted by atomic mass is 32.2. The Hall–Kier alpha value is -2.32. The van der Waals surface area contributed by atoms with E-state index in [-0.39, 0.29) is 11.0 Å². The van der Waals surface area contributed by atoms with Crippen molar-refractivity contribution in [2.24, 2.45) is 0 Å². The fraction of sp³-hybridized carbons (Fsp3) is 0.421. The van der Waals surface area contributed by atoms with Crippen LogP contribution in [0, 0.1) is 0 Å². The molecule has 0 amide bonds. The summed E-state index contributed by atoms with van der Waals surface area (Å²) >= 11 is 0. The number of benzene rings is 1. The zero-order valence-electron chi connectivity index (χ0n) is 15.3. The Morgan fingerprint density at radius 1 is 1.11 bits per heavy atom. The van der Waals surface area contributed by atoms with Crippen molar-refractivity contribution in [3.63, 3.8) is 0 Å². The number of aromatic nitrogens is 1. The third-order valence-corrected chi connectivity index (χ3v) is 5.76. The number of sulfonamides is 1. The van der Waals surface area contributed by atoms with Gasteiger partial charge in [-0.3, -0.25) is 4.72 Å². The maximum absolute atomic E-state index is 12.5. The van der Waals surface area contributed by atoms with E-state index >= 15 is 0 Å². The van der Waals surface area contributed by atoms with Gasteiger partial charge in [0.15, 0.2) is 0 Å². The largest absolute Gasteiger partial charge is 0.490 e. The van der Waals surface area contributed by atoms with Crippen molar-refractivity contribution in [3.05, 3.63) is 42.6 Å². The molecule has 146 valence electrons. The Morgan fingerprint density at radius 2 is 1.85 bits per heavy atom. The first-order valence-electron chi connectivity index (χ1n) is 9.05. The Bertz CT molecular complexity index is 817. The quantitative estimate of drug-likeness (QED) is 0.638. The van der Waals surface area contributed by atoms with E-state index in [1.807, 2.05) is 0 Å². The molecule has 2 aromatic rings. The first-order chi connectivity index (χ1) is 13.1. The molecule has 0 radical (unpaired) electrons. The van der Waals surface area contributed by atoms with Gasteiger partial charge in [0.05, 0.1) is 29.5 Å². The minimum absolute atomic E-state index is 0.184. The summed E-state index contributed by atoms with van der Waals surface area (Å²) in [6.45, 7) is 1.19. The summed E-state index contributed by atoms with van der Waals surface area (Å²) in [7, 11) is -2.05. The lowest BCUT2D eigenvalue weighted by atomic mass is 10.3. The van der Waals surface area contributed by atoms with E-state index in [1.54, 1.807) is 43.5 Å². The smallest absolute Gasteiger partial charge is 0.261 e. The van der Waals surface area contributed by atoms with Crippen molar-refractivity contribution < 1.29 is 17.9 Å². The molecule has 1 aromatic heterocycles. The van der Waals surface area contributed by atoms with E-state index in [0.29, 0.717) is 30.4 Å². The molecule has 0 bridgehead atoms. The zero-order valence-corrected chi connectivity index (χ0v) is 16.2. The van der Waals surface area contributed by atoms with Crippen molar-refractivity contribution in [2.75, 3.05) is 30.3 Å². The number of nitrogens with one attached hydrogen (secondary N) is 2. The van der Waals surface area contributed by atoms with Gasteiger partial charge in [0.2, 0.25) is 0 Å². The van der Waals surface area contributed by atoms with Crippen LogP contribution in [0.5, 0.6) is 5.75 Å². The summed E-state index contributed by atoms with van der Waals surface area (Å²) in [4.78, 5) is 4.37. The third kappa shape index (κ3) is 5.58. The van der Waals surface area contributed by atoms with Crippen LogP contribution < -0.4 is 14.8 Å². The second-order valence-electron chi connectivity index (χ2n) is 6.45. The van der Waals surface area contributed by atoms with E-state index in [4.69, 9.17) is 9.47 Å². The summed E-state index contributed by atoms with van der Waals surface area (Å²) in [6, 6.07) is 9.90. The van der Waals surface area contributed by atoms with Gasteiger partial charge in [0.25, 0.3) is 10.0 Å². The zero-order chi connectivity index (χ0) is 19.1.